The summed E-state index contributed by atoms with van der Waals surface area (Å²) in [6.07, 6.45) is 1.75. The van der Waals surface area contributed by atoms with Gasteiger partial charge >= 0.3 is 0 Å². The maximum atomic E-state index is 12.8. The number of nitrogens with zero attached hydrogens (tertiary/aromatic N) is 1. The molecular formula is C15H19FN2O2. The predicted octanol–water partition coefficient (Wildman–Crippen LogP) is 1.47. The molecule has 108 valence electrons. The first kappa shape index (κ1) is 13.5. The minimum absolute atomic E-state index is 0.0916. The van der Waals surface area contributed by atoms with Gasteiger partial charge in [0.2, 0.25) is 5.91 Å². The SMILES string of the molecule is O=C(CN1CC2CCC(O)C2C1)Nc1ccc(F)cc1. The molecule has 20 heavy (non-hydrogen) atoms. The first-order valence-electron chi connectivity index (χ1n) is 7.07. The van der Waals surface area contributed by atoms with Gasteiger partial charge in [0.25, 0.3) is 0 Å². The third-order valence-electron chi connectivity index (χ3n) is 4.39. The van der Waals surface area contributed by atoms with Gasteiger partial charge in [0.05, 0.1) is 12.6 Å². The fraction of sp³-hybridized carbons (Fsp3) is 0.533. The van der Waals surface area contributed by atoms with E-state index in [2.05, 4.69) is 10.2 Å². The Hall–Kier alpha value is -1.46. The van der Waals surface area contributed by atoms with Gasteiger partial charge in [-0.2, -0.15) is 0 Å². The van der Waals surface area contributed by atoms with Crippen molar-refractivity contribution in [1.29, 1.82) is 0 Å². The molecule has 1 aromatic carbocycles. The molecule has 3 unspecified atom stereocenters. The first-order chi connectivity index (χ1) is 9.61. The number of aliphatic hydroxyl groups is 1. The number of amides is 1. The number of rotatable bonds is 3. The van der Waals surface area contributed by atoms with Gasteiger partial charge in [-0.3, -0.25) is 9.69 Å². The average molecular weight is 278 g/mol. The Labute approximate surface area is 117 Å². The van der Waals surface area contributed by atoms with E-state index in [9.17, 15) is 14.3 Å². The number of carbonyl (C=O) groups excluding carboxylic acids is 1. The van der Waals surface area contributed by atoms with Crippen molar-refractivity contribution in [1.82, 2.24) is 4.90 Å². The number of fused-ring (bicyclic) bond motifs is 1. The van der Waals surface area contributed by atoms with Crippen LogP contribution in [0.5, 0.6) is 0 Å². The molecule has 1 saturated carbocycles. The van der Waals surface area contributed by atoms with Gasteiger partial charge in [-0.25, -0.2) is 4.39 Å². The highest BCUT2D eigenvalue weighted by atomic mass is 19.1. The van der Waals surface area contributed by atoms with Crippen LogP contribution in [0.3, 0.4) is 0 Å². The number of halogens is 1. The van der Waals surface area contributed by atoms with Crippen LogP contribution in [0.4, 0.5) is 10.1 Å². The van der Waals surface area contributed by atoms with Crippen LogP contribution in [0.15, 0.2) is 24.3 Å². The van der Waals surface area contributed by atoms with E-state index in [1.165, 1.54) is 12.1 Å². The maximum Gasteiger partial charge on any atom is 0.238 e. The minimum atomic E-state index is -0.315. The molecule has 3 rings (SSSR count). The van der Waals surface area contributed by atoms with E-state index in [0.717, 1.165) is 25.9 Å². The summed E-state index contributed by atoms with van der Waals surface area (Å²) in [4.78, 5) is 14.0. The van der Waals surface area contributed by atoms with Crippen LogP contribution in [0.25, 0.3) is 0 Å². The minimum Gasteiger partial charge on any atom is -0.393 e. The number of benzene rings is 1. The van der Waals surface area contributed by atoms with Gasteiger partial charge in [-0.15, -0.1) is 0 Å². The Kier molecular flexibility index (Phi) is 3.72. The molecule has 1 aliphatic heterocycles. The lowest BCUT2D eigenvalue weighted by Gasteiger charge is -2.17. The largest absolute Gasteiger partial charge is 0.393 e. The highest BCUT2D eigenvalue weighted by Crippen LogP contribution is 2.37. The number of carbonyl (C=O) groups is 1. The van der Waals surface area contributed by atoms with Crippen molar-refractivity contribution in [2.45, 2.75) is 18.9 Å². The monoisotopic (exact) mass is 278 g/mol. The van der Waals surface area contributed by atoms with Crippen molar-refractivity contribution in [3.05, 3.63) is 30.1 Å². The van der Waals surface area contributed by atoms with Crippen molar-refractivity contribution in [3.63, 3.8) is 0 Å². The Morgan fingerprint density at radius 3 is 2.75 bits per heavy atom. The molecule has 4 nitrogen and oxygen atoms in total. The van der Waals surface area contributed by atoms with Crippen molar-refractivity contribution in [2.24, 2.45) is 11.8 Å². The highest BCUT2D eigenvalue weighted by molar-refractivity contribution is 5.92. The summed E-state index contributed by atoms with van der Waals surface area (Å²) in [6, 6.07) is 5.75. The molecule has 1 aromatic rings. The number of anilines is 1. The molecule has 2 N–H and O–H groups in total. The summed E-state index contributed by atoms with van der Waals surface area (Å²) in [6.45, 7) is 2.01. The van der Waals surface area contributed by atoms with Crippen LogP contribution in [0.1, 0.15) is 12.8 Å². The van der Waals surface area contributed by atoms with E-state index in [0.29, 0.717) is 24.1 Å². The smallest absolute Gasteiger partial charge is 0.238 e. The Balaban J connectivity index is 1.51. The van der Waals surface area contributed by atoms with E-state index >= 15 is 0 Å². The molecule has 1 heterocycles. The first-order valence-corrected chi connectivity index (χ1v) is 7.07. The summed E-state index contributed by atoms with van der Waals surface area (Å²) in [5.74, 6) is 0.452. The second kappa shape index (κ2) is 5.50. The van der Waals surface area contributed by atoms with E-state index in [1.807, 2.05) is 0 Å². The van der Waals surface area contributed by atoms with E-state index in [4.69, 9.17) is 0 Å². The van der Waals surface area contributed by atoms with Crippen molar-refractivity contribution >= 4 is 11.6 Å². The second-order valence-corrected chi connectivity index (χ2v) is 5.82. The lowest BCUT2D eigenvalue weighted by atomic mass is 10.00. The molecule has 1 amide bonds. The van der Waals surface area contributed by atoms with Gasteiger partial charge in [0, 0.05) is 24.7 Å². The summed E-state index contributed by atoms with van der Waals surface area (Å²) in [5, 5.41) is 12.6. The molecule has 1 saturated heterocycles. The average Bonchev–Trinajstić information content (AvgIpc) is 2.95. The summed E-state index contributed by atoms with van der Waals surface area (Å²) < 4.78 is 12.8. The zero-order chi connectivity index (χ0) is 14.1. The molecule has 0 radical (unpaired) electrons. The van der Waals surface area contributed by atoms with Crippen molar-refractivity contribution < 1.29 is 14.3 Å². The third-order valence-corrected chi connectivity index (χ3v) is 4.39. The Morgan fingerprint density at radius 1 is 1.30 bits per heavy atom. The molecule has 5 heteroatoms. The van der Waals surface area contributed by atoms with Crippen LogP contribution >= 0.6 is 0 Å². The van der Waals surface area contributed by atoms with Gasteiger partial charge < -0.3 is 10.4 Å². The zero-order valence-electron chi connectivity index (χ0n) is 11.3. The fourth-order valence-corrected chi connectivity index (χ4v) is 3.39. The fourth-order valence-electron chi connectivity index (χ4n) is 3.39. The molecule has 1 aliphatic carbocycles. The van der Waals surface area contributed by atoms with Crippen LogP contribution in [-0.2, 0) is 4.79 Å². The van der Waals surface area contributed by atoms with Crippen LogP contribution in [0, 0.1) is 17.7 Å². The zero-order valence-corrected chi connectivity index (χ0v) is 11.3. The van der Waals surface area contributed by atoms with Crippen LogP contribution in [0.2, 0.25) is 0 Å². The third kappa shape index (κ3) is 2.83. The second-order valence-electron chi connectivity index (χ2n) is 5.82. The molecular weight excluding hydrogens is 259 g/mol. The molecule has 0 spiro atoms. The molecule has 2 aliphatic rings. The number of likely N-dealkylation sites (tertiary alicyclic amines) is 1. The van der Waals surface area contributed by atoms with Crippen molar-refractivity contribution in [3.8, 4) is 0 Å². The molecule has 0 bridgehead atoms. The summed E-state index contributed by atoms with van der Waals surface area (Å²) >= 11 is 0. The van der Waals surface area contributed by atoms with E-state index in [-0.39, 0.29) is 17.8 Å². The van der Waals surface area contributed by atoms with Crippen LogP contribution in [-0.4, -0.2) is 41.7 Å². The normalized spacial score (nSPS) is 29.4. The lowest BCUT2D eigenvalue weighted by Crippen LogP contribution is -2.33. The van der Waals surface area contributed by atoms with Crippen molar-refractivity contribution in [2.75, 3.05) is 25.0 Å². The molecule has 3 atom stereocenters. The number of nitrogens with one attached hydrogen (secondary N) is 1. The quantitative estimate of drug-likeness (QED) is 0.880. The number of aliphatic hydroxyl groups excluding tert-OH is 1. The van der Waals surface area contributed by atoms with Gasteiger partial charge in [-0.05, 0) is 43.0 Å². The van der Waals surface area contributed by atoms with Gasteiger partial charge in [0.15, 0.2) is 0 Å². The number of hydrogen-bond donors (Lipinski definition) is 2. The number of hydrogen-bond acceptors (Lipinski definition) is 3. The predicted molar refractivity (Wildman–Crippen MR) is 73.7 cm³/mol. The van der Waals surface area contributed by atoms with E-state index in [1.54, 1.807) is 12.1 Å². The molecule has 2 fully saturated rings. The highest BCUT2D eigenvalue weighted by Gasteiger charge is 2.41. The van der Waals surface area contributed by atoms with E-state index < -0.39 is 0 Å². The maximum absolute atomic E-state index is 12.8. The van der Waals surface area contributed by atoms with Gasteiger partial charge in [0.1, 0.15) is 5.82 Å². The summed E-state index contributed by atoms with van der Waals surface area (Å²) in [7, 11) is 0. The topological polar surface area (TPSA) is 52.6 Å². The summed E-state index contributed by atoms with van der Waals surface area (Å²) in [5.41, 5.74) is 0.607. The standard InChI is InChI=1S/C15H19FN2O2/c16-11-2-4-12(5-3-11)17-15(20)9-18-7-10-1-6-14(19)13(10)8-18/h2-5,10,13-14,19H,1,6-9H2,(H,17,20). The van der Waals surface area contributed by atoms with Crippen LogP contribution < -0.4 is 5.32 Å². The molecule has 0 aromatic heterocycles. The Morgan fingerprint density at radius 2 is 2.05 bits per heavy atom. The lowest BCUT2D eigenvalue weighted by molar-refractivity contribution is -0.117. The van der Waals surface area contributed by atoms with Gasteiger partial charge in [-0.1, -0.05) is 0 Å². The Bertz CT molecular complexity index is 491.